The largest absolute Gasteiger partial charge is 0.393 e. The maximum Gasteiger partial charge on any atom is 0.131 e. The van der Waals surface area contributed by atoms with Crippen molar-refractivity contribution in [3.05, 3.63) is 19.4 Å². The highest BCUT2D eigenvalue weighted by Crippen LogP contribution is 2.02. The van der Waals surface area contributed by atoms with Gasteiger partial charge in [0.05, 0.1) is 12.7 Å². The zero-order valence-corrected chi connectivity index (χ0v) is 6.75. The summed E-state index contributed by atoms with van der Waals surface area (Å²) in [7, 11) is 0. The molecule has 3 heteroatoms. The van der Waals surface area contributed by atoms with Gasteiger partial charge >= 0.3 is 0 Å². The van der Waals surface area contributed by atoms with Crippen LogP contribution in [0, 0.1) is 6.92 Å². The number of hydroxylamine groups is 1. The molecule has 0 saturated heterocycles. The Balaban J connectivity index is 1.87. The van der Waals surface area contributed by atoms with Gasteiger partial charge in [-0.3, -0.25) is 5.43 Å². The molecule has 0 atom stereocenters. The van der Waals surface area contributed by atoms with Gasteiger partial charge < -0.3 is 4.84 Å². The van der Waals surface area contributed by atoms with Crippen LogP contribution >= 0.6 is 0 Å². The van der Waals surface area contributed by atoms with Gasteiger partial charge in [-0.05, 0) is 6.42 Å². The van der Waals surface area contributed by atoms with Crippen molar-refractivity contribution in [1.29, 1.82) is 0 Å². The maximum atomic E-state index is 5.06. The van der Waals surface area contributed by atoms with E-state index in [-0.39, 0.29) is 0 Å². The van der Waals surface area contributed by atoms with Gasteiger partial charge in [-0.25, -0.2) is 0 Å². The van der Waals surface area contributed by atoms with E-state index in [1.807, 2.05) is 0 Å². The third-order valence-corrected chi connectivity index (χ3v) is 1.59. The first-order valence-corrected chi connectivity index (χ1v) is 4.08. The molecular weight excluding hydrogens is 140 g/mol. The van der Waals surface area contributed by atoms with Gasteiger partial charge in [0.1, 0.15) is 6.26 Å². The number of hydrazine groups is 1. The lowest BCUT2D eigenvalue weighted by Gasteiger charge is -2.13. The van der Waals surface area contributed by atoms with E-state index >= 15 is 0 Å². The number of hydrogen-bond acceptors (Lipinski definition) is 3. The number of rotatable bonds is 5. The van der Waals surface area contributed by atoms with Crippen LogP contribution in [0.5, 0.6) is 0 Å². The molecule has 63 valence electrons. The fourth-order valence-electron chi connectivity index (χ4n) is 0.974. The van der Waals surface area contributed by atoms with Crippen LogP contribution in [0.4, 0.5) is 0 Å². The topological polar surface area (TPSA) is 24.5 Å². The minimum Gasteiger partial charge on any atom is -0.393 e. The highest BCUT2D eigenvalue weighted by molar-refractivity contribution is 4.72. The fourth-order valence-corrected chi connectivity index (χ4v) is 0.974. The second kappa shape index (κ2) is 5.02. The Hall–Kier alpha value is -0.700. The van der Waals surface area contributed by atoms with E-state index in [2.05, 4.69) is 12.3 Å². The molecule has 1 heterocycles. The smallest absolute Gasteiger partial charge is 0.131 e. The Morgan fingerprint density at radius 2 is 2.27 bits per heavy atom. The van der Waals surface area contributed by atoms with Crippen molar-refractivity contribution >= 4 is 0 Å². The van der Waals surface area contributed by atoms with Gasteiger partial charge in [0, 0.05) is 0 Å². The molecule has 0 aromatic heterocycles. The SMILES string of the molecule is [CH2]CCCCCN1NC=CO1. The molecule has 0 unspecified atom stereocenters. The lowest BCUT2D eigenvalue weighted by atomic mass is 10.2. The standard InChI is InChI=1S/C8H15N2O/c1-2-3-4-5-7-10-9-6-8-11-10/h6,8-9H,1-5,7H2. The van der Waals surface area contributed by atoms with Crippen LogP contribution in [0.25, 0.3) is 0 Å². The minimum atomic E-state index is 0.938. The third kappa shape index (κ3) is 3.28. The molecule has 0 aromatic carbocycles. The number of nitrogens with one attached hydrogen (secondary N) is 1. The molecular formula is C8H15N2O. The van der Waals surface area contributed by atoms with Crippen molar-refractivity contribution in [2.45, 2.75) is 25.7 Å². The summed E-state index contributed by atoms with van der Waals surface area (Å²) in [5, 5.41) is 1.73. The van der Waals surface area contributed by atoms with Gasteiger partial charge in [0.25, 0.3) is 0 Å². The van der Waals surface area contributed by atoms with Crippen LogP contribution in [-0.4, -0.2) is 11.7 Å². The summed E-state index contributed by atoms with van der Waals surface area (Å²) in [4.78, 5) is 5.06. The summed E-state index contributed by atoms with van der Waals surface area (Å²) in [6.07, 6.45) is 8.05. The normalized spacial score (nSPS) is 16.5. The van der Waals surface area contributed by atoms with Crippen LogP contribution < -0.4 is 5.43 Å². The zero-order valence-electron chi connectivity index (χ0n) is 6.75. The lowest BCUT2D eigenvalue weighted by molar-refractivity contribution is -0.113. The maximum absolute atomic E-state index is 5.06. The number of unbranched alkanes of at least 4 members (excludes halogenated alkanes) is 3. The summed E-state index contributed by atoms with van der Waals surface area (Å²) < 4.78 is 0. The highest BCUT2D eigenvalue weighted by atomic mass is 16.7. The van der Waals surface area contributed by atoms with E-state index < -0.39 is 0 Å². The van der Waals surface area contributed by atoms with E-state index in [0.29, 0.717) is 0 Å². The van der Waals surface area contributed by atoms with E-state index in [0.717, 1.165) is 19.4 Å². The molecule has 3 nitrogen and oxygen atoms in total. The van der Waals surface area contributed by atoms with Gasteiger partial charge in [0.2, 0.25) is 0 Å². The Labute approximate surface area is 67.9 Å². The zero-order chi connectivity index (χ0) is 7.94. The molecule has 0 saturated carbocycles. The third-order valence-electron chi connectivity index (χ3n) is 1.59. The van der Waals surface area contributed by atoms with Gasteiger partial charge in [-0.2, -0.15) is 0 Å². The Morgan fingerprint density at radius 1 is 1.36 bits per heavy atom. The van der Waals surface area contributed by atoms with Crippen LogP contribution in [0.2, 0.25) is 0 Å². The summed E-state index contributed by atoms with van der Waals surface area (Å²) in [5.41, 5.74) is 2.95. The summed E-state index contributed by atoms with van der Waals surface area (Å²) in [6.45, 7) is 4.72. The average molecular weight is 155 g/mol. The molecule has 1 aliphatic rings. The molecule has 0 fully saturated rings. The van der Waals surface area contributed by atoms with Crippen molar-refractivity contribution in [3.63, 3.8) is 0 Å². The second-order valence-electron chi connectivity index (χ2n) is 2.55. The second-order valence-corrected chi connectivity index (χ2v) is 2.55. The molecule has 0 bridgehead atoms. The van der Waals surface area contributed by atoms with E-state index in [9.17, 15) is 0 Å². The first-order chi connectivity index (χ1) is 5.43. The fraction of sp³-hybridized carbons (Fsp3) is 0.625. The molecule has 0 aliphatic carbocycles. The van der Waals surface area contributed by atoms with E-state index in [1.165, 1.54) is 12.8 Å². The molecule has 11 heavy (non-hydrogen) atoms. The van der Waals surface area contributed by atoms with Gasteiger partial charge in [0.15, 0.2) is 0 Å². The first-order valence-electron chi connectivity index (χ1n) is 4.08. The molecule has 1 radical (unpaired) electrons. The van der Waals surface area contributed by atoms with Crippen molar-refractivity contribution in [1.82, 2.24) is 10.6 Å². The van der Waals surface area contributed by atoms with Crippen LogP contribution in [-0.2, 0) is 4.84 Å². The molecule has 1 N–H and O–H groups in total. The Kier molecular flexibility index (Phi) is 3.83. The Morgan fingerprint density at radius 3 is 2.91 bits per heavy atom. The minimum absolute atomic E-state index is 0.938. The molecule has 0 amide bonds. The molecule has 0 aromatic rings. The summed E-state index contributed by atoms with van der Waals surface area (Å²) in [5.74, 6) is 0. The summed E-state index contributed by atoms with van der Waals surface area (Å²) >= 11 is 0. The van der Waals surface area contributed by atoms with Crippen molar-refractivity contribution < 1.29 is 4.84 Å². The average Bonchev–Trinajstić information content (AvgIpc) is 2.50. The highest BCUT2D eigenvalue weighted by Gasteiger charge is 2.04. The Bertz CT molecular complexity index is 117. The monoisotopic (exact) mass is 155 g/mol. The van der Waals surface area contributed by atoms with E-state index in [4.69, 9.17) is 4.84 Å². The van der Waals surface area contributed by atoms with Crippen LogP contribution in [0.3, 0.4) is 0 Å². The first kappa shape index (κ1) is 8.40. The van der Waals surface area contributed by atoms with Crippen molar-refractivity contribution in [2.24, 2.45) is 0 Å². The van der Waals surface area contributed by atoms with Crippen molar-refractivity contribution in [3.8, 4) is 0 Å². The van der Waals surface area contributed by atoms with Crippen LogP contribution in [0.1, 0.15) is 25.7 Å². The van der Waals surface area contributed by atoms with Gasteiger partial charge in [-0.1, -0.05) is 31.4 Å². The predicted octanol–water partition coefficient (Wildman–Crippen LogP) is 1.60. The quantitative estimate of drug-likeness (QED) is 0.610. The van der Waals surface area contributed by atoms with Gasteiger partial charge in [-0.15, -0.1) is 0 Å². The molecule has 1 aliphatic heterocycles. The van der Waals surface area contributed by atoms with Crippen molar-refractivity contribution in [2.75, 3.05) is 6.54 Å². The van der Waals surface area contributed by atoms with E-state index in [1.54, 1.807) is 17.6 Å². The molecule has 1 rings (SSSR count). The summed E-state index contributed by atoms with van der Waals surface area (Å²) in [6, 6.07) is 0. The predicted molar refractivity (Wildman–Crippen MR) is 43.9 cm³/mol. The van der Waals surface area contributed by atoms with Crippen LogP contribution in [0.15, 0.2) is 12.5 Å². The lowest BCUT2D eigenvalue weighted by Crippen LogP contribution is -2.29. The number of nitrogens with zero attached hydrogens (tertiary/aromatic N) is 1. The molecule has 0 spiro atoms. The number of hydrogen-bond donors (Lipinski definition) is 1.